The Hall–Kier alpha value is -3.00. The average Bonchev–Trinajstić information content (AvgIpc) is 3.20. The first-order chi connectivity index (χ1) is 12.8. The second-order valence-electron chi connectivity index (χ2n) is 6.11. The van der Waals surface area contributed by atoms with Gasteiger partial charge >= 0.3 is 12.0 Å². The van der Waals surface area contributed by atoms with Crippen LogP contribution in [-0.4, -0.2) is 58.3 Å². The summed E-state index contributed by atoms with van der Waals surface area (Å²) >= 11 is 0. The van der Waals surface area contributed by atoms with Crippen LogP contribution >= 0.6 is 0 Å². The van der Waals surface area contributed by atoms with E-state index in [0.29, 0.717) is 17.8 Å². The minimum absolute atomic E-state index is 0.393. The maximum atomic E-state index is 5.45. The number of hydrogen-bond donors (Lipinski definition) is 0. The molecule has 1 aliphatic heterocycles. The predicted octanol–water partition coefficient (Wildman–Crippen LogP) is 1.86. The van der Waals surface area contributed by atoms with Crippen molar-refractivity contribution in [2.45, 2.75) is 6.54 Å². The molecule has 0 atom stereocenters. The zero-order valence-corrected chi connectivity index (χ0v) is 14.6. The average molecular weight is 352 g/mol. The molecule has 0 N–H and O–H groups in total. The van der Waals surface area contributed by atoms with E-state index >= 15 is 0 Å². The number of aromatic nitrogens is 4. The number of benzene rings is 1. The van der Waals surface area contributed by atoms with E-state index in [1.165, 1.54) is 0 Å². The van der Waals surface area contributed by atoms with Gasteiger partial charge in [0.25, 0.3) is 0 Å². The first-order valence-corrected chi connectivity index (χ1v) is 8.53. The van der Waals surface area contributed by atoms with Crippen molar-refractivity contribution >= 4 is 6.01 Å². The van der Waals surface area contributed by atoms with Gasteiger partial charge in [0, 0.05) is 56.2 Å². The van der Waals surface area contributed by atoms with Gasteiger partial charge in [-0.15, -0.1) is 0 Å². The summed E-state index contributed by atoms with van der Waals surface area (Å²) in [6.45, 7) is 4.32. The Kier molecular flexibility index (Phi) is 4.74. The van der Waals surface area contributed by atoms with E-state index < -0.39 is 0 Å². The third-order valence-electron chi connectivity index (χ3n) is 4.36. The molecule has 8 heteroatoms. The van der Waals surface area contributed by atoms with Gasteiger partial charge in [-0.05, 0) is 0 Å². The molecule has 1 aliphatic rings. The van der Waals surface area contributed by atoms with Gasteiger partial charge in [-0.1, -0.05) is 35.5 Å². The fourth-order valence-electron chi connectivity index (χ4n) is 2.93. The maximum absolute atomic E-state index is 5.45. The summed E-state index contributed by atoms with van der Waals surface area (Å²) in [5.41, 5.74) is 2.03. The first kappa shape index (κ1) is 16.5. The Morgan fingerprint density at radius 3 is 2.46 bits per heavy atom. The highest BCUT2D eigenvalue weighted by atomic mass is 16.5. The molecule has 3 aromatic rings. The molecule has 0 amide bonds. The number of rotatable bonds is 5. The molecule has 134 valence electrons. The molecule has 2 aromatic heterocycles. The smallest absolute Gasteiger partial charge is 0.324 e. The van der Waals surface area contributed by atoms with Gasteiger partial charge in [-0.25, -0.2) is 9.97 Å². The molecule has 8 nitrogen and oxygen atoms in total. The molecule has 0 saturated carbocycles. The second-order valence-corrected chi connectivity index (χ2v) is 6.11. The molecule has 1 fully saturated rings. The van der Waals surface area contributed by atoms with Crippen LogP contribution in [0.2, 0.25) is 0 Å². The summed E-state index contributed by atoms with van der Waals surface area (Å²) in [7, 11) is 1.56. The van der Waals surface area contributed by atoms with E-state index in [9.17, 15) is 0 Å². The van der Waals surface area contributed by atoms with Crippen molar-refractivity contribution in [3.63, 3.8) is 0 Å². The molecule has 0 unspecified atom stereocenters. The molecular weight excluding hydrogens is 332 g/mol. The fourth-order valence-corrected chi connectivity index (χ4v) is 2.93. The van der Waals surface area contributed by atoms with E-state index in [1.54, 1.807) is 7.11 Å². The van der Waals surface area contributed by atoms with E-state index in [2.05, 4.69) is 29.9 Å². The Balaban J connectivity index is 1.34. The molecule has 0 radical (unpaired) electrons. The highest BCUT2D eigenvalue weighted by Gasteiger charge is 2.22. The third-order valence-corrected chi connectivity index (χ3v) is 4.36. The van der Waals surface area contributed by atoms with Gasteiger partial charge < -0.3 is 14.2 Å². The zero-order valence-electron chi connectivity index (χ0n) is 14.6. The van der Waals surface area contributed by atoms with Crippen molar-refractivity contribution in [2.24, 2.45) is 0 Å². The number of methoxy groups -OCH3 is 1. The quantitative estimate of drug-likeness (QED) is 0.688. The summed E-state index contributed by atoms with van der Waals surface area (Å²) in [6.07, 6.45) is 3.62. The largest absolute Gasteiger partial charge is 0.467 e. The van der Waals surface area contributed by atoms with Gasteiger partial charge in [0.2, 0.25) is 5.82 Å². The molecule has 4 rings (SSSR count). The maximum Gasteiger partial charge on any atom is 0.324 e. The molecule has 26 heavy (non-hydrogen) atoms. The summed E-state index contributed by atoms with van der Waals surface area (Å²) in [5.74, 6) is 0.624. The summed E-state index contributed by atoms with van der Waals surface area (Å²) in [5, 5.41) is 4.09. The minimum Gasteiger partial charge on any atom is -0.467 e. The van der Waals surface area contributed by atoms with Gasteiger partial charge in [0.05, 0.1) is 7.11 Å². The van der Waals surface area contributed by atoms with Crippen LogP contribution in [0.15, 0.2) is 47.2 Å². The minimum atomic E-state index is 0.393. The van der Waals surface area contributed by atoms with Crippen molar-refractivity contribution in [2.75, 3.05) is 38.2 Å². The van der Waals surface area contributed by atoms with Crippen LogP contribution in [0.25, 0.3) is 11.4 Å². The lowest BCUT2D eigenvalue weighted by Crippen LogP contribution is -2.46. The Bertz CT molecular complexity index is 828. The van der Waals surface area contributed by atoms with Crippen LogP contribution in [0.3, 0.4) is 0 Å². The normalized spacial score (nSPS) is 15.2. The lowest BCUT2D eigenvalue weighted by molar-refractivity contribution is 0.242. The van der Waals surface area contributed by atoms with Crippen molar-refractivity contribution < 1.29 is 9.26 Å². The van der Waals surface area contributed by atoms with Gasteiger partial charge in [-0.3, -0.25) is 4.90 Å². The highest BCUT2D eigenvalue weighted by molar-refractivity contribution is 5.55. The molecule has 3 heterocycles. The number of anilines is 1. The van der Waals surface area contributed by atoms with Gasteiger partial charge in [0.15, 0.2) is 0 Å². The molecular formula is C18H20N6O2. The lowest BCUT2D eigenvalue weighted by Gasteiger charge is -2.33. The Morgan fingerprint density at radius 1 is 1.04 bits per heavy atom. The lowest BCUT2D eigenvalue weighted by atomic mass is 10.2. The predicted molar refractivity (Wildman–Crippen MR) is 95.8 cm³/mol. The second kappa shape index (κ2) is 7.49. The number of piperazine rings is 1. The van der Waals surface area contributed by atoms with E-state index in [0.717, 1.165) is 43.9 Å². The van der Waals surface area contributed by atoms with Crippen molar-refractivity contribution in [1.82, 2.24) is 25.0 Å². The Morgan fingerprint density at radius 2 is 1.77 bits per heavy atom. The third kappa shape index (κ3) is 3.65. The van der Waals surface area contributed by atoms with E-state index in [4.69, 9.17) is 9.26 Å². The highest BCUT2D eigenvalue weighted by Crippen LogP contribution is 2.21. The van der Waals surface area contributed by atoms with Crippen LogP contribution in [-0.2, 0) is 6.54 Å². The fraction of sp³-hybridized carbons (Fsp3) is 0.333. The van der Waals surface area contributed by atoms with Crippen LogP contribution in [0, 0.1) is 0 Å². The number of hydrogen-bond acceptors (Lipinski definition) is 8. The van der Waals surface area contributed by atoms with Crippen LogP contribution in [0.1, 0.15) is 5.56 Å². The Labute approximate surface area is 151 Å². The standard InChI is InChI=1S/C18H20N6O2/c1-25-17-19-11-14(12-20-17)13-23-7-9-24(10-8-23)18-21-16(22-26-18)15-5-3-2-4-6-15/h2-6,11-12H,7-10,13H2,1H3. The topological polar surface area (TPSA) is 80.4 Å². The number of ether oxygens (including phenoxy) is 1. The van der Waals surface area contributed by atoms with Crippen LogP contribution in [0.5, 0.6) is 6.01 Å². The molecule has 1 saturated heterocycles. The zero-order chi connectivity index (χ0) is 17.8. The SMILES string of the molecule is COc1ncc(CN2CCN(c3nc(-c4ccccc4)no3)CC2)cn1. The van der Waals surface area contributed by atoms with E-state index in [1.807, 2.05) is 42.7 Å². The van der Waals surface area contributed by atoms with Gasteiger partial charge in [-0.2, -0.15) is 4.98 Å². The summed E-state index contributed by atoms with van der Waals surface area (Å²) < 4.78 is 10.4. The van der Waals surface area contributed by atoms with Crippen LogP contribution < -0.4 is 9.64 Å². The number of nitrogens with zero attached hydrogens (tertiary/aromatic N) is 6. The molecule has 1 aromatic carbocycles. The first-order valence-electron chi connectivity index (χ1n) is 8.53. The molecule has 0 spiro atoms. The summed E-state index contributed by atoms with van der Waals surface area (Å²) in [4.78, 5) is 17.3. The summed E-state index contributed by atoms with van der Waals surface area (Å²) in [6, 6.07) is 10.8. The monoisotopic (exact) mass is 352 g/mol. The van der Waals surface area contributed by atoms with Gasteiger partial charge in [0.1, 0.15) is 0 Å². The van der Waals surface area contributed by atoms with Crippen molar-refractivity contribution in [3.05, 3.63) is 48.3 Å². The van der Waals surface area contributed by atoms with Crippen molar-refractivity contribution in [3.8, 4) is 17.4 Å². The van der Waals surface area contributed by atoms with Crippen molar-refractivity contribution in [1.29, 1.82) is 0 Å². The molecule has 0 bridgehead atoms. The van der Waals surface area contributed by atoms with E-state index in [-0.39, 0.29) is 0 Å². The van der Waals surface area contributed by atoms with Crippen LogP contribution in [0.4, 0.5) is 6.01 Å². The molecule has 0 aliphatic carbocycles.